The van der Waals surface area contributed by atoms with Gasteiger partial charge in [-0.2, -0.15) is 0 Å². The minimum absolute atomic E-state index is 0.0293. The Balaban J connectivity index is 1.75. The maximum atomic E-state index is 5.85. The molecule has 0 N–H and O–H groups in total. The van der Waals surface area contributed by atoms with Gasteiger partial charge < -0.3 is 4.74 Å². The van der Waals surface area contributed by atoms with Gasteiger partial charge in [-0.25, -0.2) is 0 Å². The lowest BCUT2D eigenvalue weighted by Gasteiger charge is -2.35. The molecule has 0 aromatic heterocycles. The summed E-state index contributed by atoms with van der Waals surface area (Å²) in [5, 5.41) is 0. The van der Waals surface area contributed by atoms with Gasteiger partial charge in [0.25, 0.3) is 0 Å². The predicted molar refractivity (Wildman–Crippen MR) is 112 cm³/mol. The second kappa shape index (κ2) is 8.86. The van der Waals surface area contributed by atoms with Crippen LogP contribution in [0.15, 0.2) is 24.3 Å². The average molecular weight is 361 g/mol. The monoisotopic (exact) mass is 360 g/mol. The molecule has 0 spiro atoms. The van der Waals surface area contributed by atoms with E-state index in [0.29, 0.717) is 11.3 Å². The van der Waals surface area contributed by atoms with Gasteiger partial charge in [-0.15, -0.1) is 0 Å². The van der Waals surface area contributed by atoms with Crippen molar-refractivity contribution < 1.29 is 4.74 Å². The Morgan fingerprint density at radius 2 is 1.42 bits per heavy atom. The van der Waals surface area contributed by atoms with Crippen LogP contribution < -0.4 is 0 Å². The first-order valence-electron chi connectivity index (χ1n) is 10.2. The highest BCUT2D eigenvalue weighted by Gasteiger charge is 2.22. The van der Waals surface area contributed by atoms with E-state index in [-0.39, 0.29) is 5.60 Å². The minimum atomic E-state index is -0.0293. The fraction of sp³-hybridized carbons (Fsp3) is 0.739. The molecular weight excluding hydrogens is 320 g/mol. The van der Waals surface area contributed by atoms with E-state index in [0.717, 1.165) is 45.9 Å². The van der Waals surface area contributed by atoms with E-state index in [2.05, 4.69) is 82.5 Å². The van der Waals surface area contributed by atoms with E-state index < -0.39 is 0 Å². The van der Waals surface area contributed by atoms with Crippen LogP contribution in [0.3, 0.4) is 0 Å². The molecule has 1 saturated heterocycles. The normalized spacial score (nSPS) is 18.9. The van der Waals surface area contributed by atoms with Gasteiger partial charge in [-0.05, 0) is 43.2 Å². The fourth-order valence-corrected chi connectivity index (χ4v) is 3.32. The third-order valence-electron chi connectivity index (χ3n) is 5.59. The van der Waals surface area contributed by atoms with Crippen LogP contribution in [0.5, 0.6) is 0 Å². The largest absolute Gasteiger partial charge is 0.375 e. The molecule has 1 aliphatic rings. The molecule has 3 heteroatoms. The zero-order valence-electron chi connectivity index (χ0n) is 18.1. The molecule has 1 aliphatic heterocycles. The van der Waals surface area contributed by atoms with E-state index in [1.54, 1.807) is 0 Å². The predicted octanol–water partition coefficient (Wildman–Crippen LogP) is 4.77. The van der Waals surface area contributed by atoms with E-state index in [4.69, 9.17) is 4.74 Å². The Bertz CT molecular complexity index is 531. The van der Waals surface area contributed by atoms with Crippen molar-refractivity contribution in [3.8, 4) is 0 Å². The Hall–Kier alpha value is -0.900. The highest BCUT2D eigenvalue weighted by Crippen LogP contribution is 2.34. The summed E-state index contributed by atoms with van der Waals surface area (Å²) >= 11 is 0. The summed E-state index contributed by atoms with van der Waals surface area (Å²) in [4.78, 5) is 5.10. The first-order valence-corrected chi connectivity index (χ1v) is 10.2. The lowest BCUT2D eigenvalue weighted by Crippen LogP contribution is -2.47. The lowest BCUT2D eigenvalue weighted by atomic mass is 9.78. The van der Waals surface area contributed by atoms with Gasteiger partial charge in [0.2, 0.25) is 0 Å². The second-order valence-electron chi connectivity index (χ2n) is 9.91. The summed E-state index contributed by atoms with van der Waals surface area (Å²) in [7, 11) is 0. The zero-order valence-corrected chi connectivity index (χ0v) is 18.1. The van der Waals surface area contributed by atoms with Gasteiger partial charge in [0, 0.05) is 39.3 Å². The summed E-state index contributed by atoms with van der Waals surface area (Å²) in [6, 6.07) is 9.29. The van der Waals surface area contributed by atoms with Crippen LogP contribution in [0.4, 0.5) is 0 Å². The highest BCUT2D eigenvalue weighted by atomic mass is 16.5. The third kappa shape index (κ3) is 7.02. The van der Waals surface area contributed by atoms with Crippen molar-refractivity contribution >= 4 is 0 Å². The molecule has 1 unspecified atom stereocenters. The van der Waals surface area contributed by atoms with Gasteiger partial charge >= 0.3 is 0 Å². The number of rotatable bonds is 6. The number of ether oxygens (including phenoxy) is 1. The summed E-state index contributed by atoms with van der Waals surface area (Å²) in [6.07, 6.45) is 0. The molecule has 0 radical (unpaired) electrons. The van der Waals surface area contributed by atoms with Gasteiger partial charge in [-0.3, -0.25) is 9.80 Å². The van der Waals surface area contributed by atoms with E-state index in [1.165, 1.54) is 11.1 Å². The molecule has 1 atom stereocenters. The summed E-state index contributed by atoms with van der Waals surface area (Å²) in [5.74, 6) is 0.579. The fourth-order valence-electron chi connectivity index (χ4n) is 3.32. The molecule has 1 aromatic rings. The van der Waals surface area contributed by atoms with Crippen LogP contribution >= 0.6 is 0 Å². The molecule has 148 valence electrons. The molecule has 2 rings (SSSR count). The lowest BCUT2D eigenvalue weighted by molar-refractivity contribution is -0.0180. The van der Waals surface area contributed by atoms with Crippen molar-refractivity contribution in [2.75, 3.05) is 39.3 Å². The Morgan fingerprint density at radius 1 is 0.885 bits per heavy atom. The van der Waals surface area contributed by atoms with Crippen molar-refractivity contribution in [3.05, 3.63) is 35.4 Å². The maximum absolute atomic E-state index is 5.85. The van der Waals surface area contributed by atoms with Crippen molar-refractivity contribution in [1.82, 2.24) is 9.80 Å². The van der Waals surface area contributed by atoms with Crippen LogP contribution in [-0.4, -0.2) is 54.7 Å². The van der Waals surface area contributed by atoms with Gasteiger partial charge in [0.05, 0.1) is 12.2 Å². The molecule has 1 heterocycles. The molecule has 0 amide bonds. The van der Waals surface area contributed by atoms with Crippen molar-refractivity contribution in [2.24, 2.45) is 5.41 Å². The van der Waals surface area contributed by atoms with Crippen LogP contribution in [0.1, 0.15) is 65.5 Å². The molecule has 3 nitrogen and oxygen atoms in total. The first-order chi connectivity index (χ1) is 12.0. The first kappa shape index (κ1) is 21.4. The molecule has 1 aromatic carbocycles. The summed E-state index contributed by atoms with van der Waals surface area (Å²) in [6.45, 7) is 23.2. The Morgan fingerprint density at radius 3 is 1.92 bits per heavy atom. The van der Waals surface area contributed by atoms with Gasteiger partial charge in [0.15, 0.2) is 0 Å². The highest BCUT2D eigenvalue weighted by molar-refractivity contribution is 5.26. The summed E-state index contributed by atoms with van der Waals surface area (Å²) < 4.78 is 5.85. The molecule has 0 bridgehead atoms. The van der Waals surface area contributed by atoms with E-state index in [9.17, 15) is 0 Å². The molecule has 0 aliphatic carbocycles. The number of piperazine rings is 1. The number of benzene rings is 1. The van der Waals surface area contributed by atoms with Gasteiger partial charge in [0.1, 0.15) is 0 Å². The summed E-state index contributed by atoms with van der Waals surface area (Å²) in [5.41, 5.74) is 3.16. The number of hydrogen-bond acceptors (Lipinski definition) is 3. The van der Waals surface area contributed by atoms with Crippen molar-refractivity contribution in [2.45, 2.75) is 66.5 Å². The number of hydrogen-bond donors (Lipinski definition) is 0. The quantitative estimate of drug-likeness (QED) is 0.727. The molecule has 26 heavy (non-hydrogen) atoms. The van der Waals surface area contributed by atoms with Crippen LogP contribution in [-0.2, 0) is 11.3 Å². The average Bonchev–Trinajstić information content (AvgIpc) is 2.54. The van der Waals surface area contributed by atoms with E-state index >= 15 is 0 Å². The Labute approximate surface area is 161 Å². The van der Waals surface area contributed by atoms with Crippen LogP contribution in [0.2, 0.25) is 0 Å². The van der Waals surface area contributed by atoms with Crippen molar-refractivity contribution in [3.63, 3.8) is 0 Å². The SMILES string of the molecule is CC(c1ccc(CN2CCN(CCOC(C)(C)C)CC2)cc1)C(C)(C)C. The topological polar surface area (TPSA) is 15.7 Å². The molecular formula is C23H40N2O. The standard InChI is InChI=1S/C23H40N2O/c1-19(22(2,3)4)21-10-8-20(9-11-21)18-25-14-12-24(13-15-25)16-17-26-23(5,6)7/h8-11,19H,12-18H2,1-7H3. The smallest absolute Gasteiger partial charge is 0.0600 e. The number of nitrogens with zero attached hydrogens (tertiary/aromatic N) is 2. The van der Waals surface area contributed by atoms with Crippen LogP contribution in [0, 0.1) is 5.41 Å². The molecule has 1 fully saturated rings. The zero-order chi connectivity index (χ0) is 19.4. The minimum Gasteiger partial charge on any atom is -0.375 e. The molecule has 0 saturated carbocycles. The van der Waals surface area contributed by atoms with Crippen molar-refractivity contribution in [1.29, 1.82) is 0 Å². The van der Waals surface area contributed by atoms with Gasteiger partial charge in [-0.1, -0.05) is 52.0 Å². The Kier molecular flexibility index (Phi) is 7.29. The second-order valence-corrected chi connectivity index (χ2v) is 9.91. The maximum Gasteiger partial charge on any atom is 0.0600 e. The third-order valence-corrected chi connectivity index (χ3v) is 5.59. The van der Waals surface area contributed by atoms with Crippen LogP contribution in [0.25, 0.3) is 0 Å². The van der Waals surface area contributed by atoms with E-state index in [1.807, 2.05) is 0 Å².